The summed E-state index contributed by atoms with van der Waals surface area (Å²) in [4.78, 5) is 13.1. The molecule has 0 aromatic heterocycles. The number of nitrogens with zero attached hydrogens (tertiary/aromatic N) is 1. The van der Waals surface area contributed by atoms with Crippen LogP contribution in [0.4, 0.5) is 10.5 Å². The zero-order valence-electron chi connectivity index (χ0n) is 14.1. The molecule has 0 saturated carbocycles. The molecule has 2 N–H and O–H groups in total. The van der Waals surface area contributed by atoms with Gasteiger partial charge in [0.05, 0.1) is 6.26 Å². The third-order valence-corrected chi connectivity index (χ3v) is 6.15. The van der Waals surface area contributed by atoms with Crippen LogP contribution in [-0.4, -0.2) is 50.4 Å². The molecule has 1 unspecified atom stereocenters. The summed E-state index contributed by atoms with van der Waals surface area (Å²) in [5, 5.41) is 5.61. The summed E-state index contributed by atoms with van der Waals surface area (Å²) in [5.41, 5.74) is 0.745. The molecular weight excluding hydrogens is 346 g/mol. The standard InChI is InChI=1S/C16H25N3O3S2/c1-23-15-8-5-6-13(12-15)18-16(20)17-10-9-14-7-3-4-11-19(14)24(2,21)22/h5-6,8,12,14H,3-4,7,9-11H2,1-2H3,(H2,17,18,20). The predicted octanol–water partition coefficient (Wildman–Crippen LogP) is 2.73. The van der Waals surface area contributed by atoms with Crippen LogP contribution in [0.2, 0.25) is 0 Å². The van der Waals surface area contributed by atoms with Crippen LogP contribution in [0.5, 0.6) is 0 Å². The summed E-state index contributed by atoms with van der Waals surface area (Å²) in [7, 11) is -3.18. The highest BCUT2D eigenvalue weighted by Crippen LogP contribution is 2.22. The van der Waals surface area contributed by atoms with Gasteiger partial charge >= 0.3 is 6.03 Å². The minimum atomic E-state index is -3.18. The number of hydrogen-bond donors (Lipinski definition) is 2. The smallest absolute Gasteiger partial charge is 0.319 e. The number of hydrogen-bond acceptors (Lipinski definition) is 4. The largest absolute Gasteiger partial charge is 0.338 e. The van der Waals surface area contributed by atoms with Gasteiger partial charge in [-0.05, 0) is 43.7 Å². The Morgan fingerprint density at radius 3 is 2.88 bits per heavy atom. The monoisotopic (exact) mass is 371 g/mol. The van der Waals surface area contributed by atoms with Crippen LogP contribution in [0, 0.1) is 0 Å². The summed E-state index contributed by atoms with van der Waals surface area (Å²) < 4.78 is 25.2. The molecule has 1 aromatic rings. The molecule has 24 heavy (non-hydrogen) atoms. The van der Waals surface area contributed by atoms with E-state index in [0.29, 0.717) is 19.5 Å². The highest BCUT2D eigenvalue weighted by Gasteiger charge is 2.28. The van der Waals surface area contributed by atoms with E-state index in [0.717, 1.165) is 29.8 Å². The number of amides is 2. The van der Waals surface area contributed by atoms with Crippen LogP contribution in [0.25, 0.3) is 0 Å². The van der Waals surface area contributed by atoms with Gasteiger partial charge in [0.2, 0.25) is 10.0 Å². The van der Waals surface area contributed by atoms with Crippen molar-refractivity contribution in [1.82, 2.24) is 9.62 Å². The fraction of sp³-hybridized carbons (Fsp3) is 0.562. The number of anilines is 1. The van der Waals surface area contributed by atoms with Crippen molar-refractivity contribution >= 4 is 33.5 Å². The van der Waals surface area contributed by atoms with Gasteiger partial charge in [0, 0.05) is 29.7 Å². The van der Waals surface area contributed by atoms with Crippen molar-refractivity contribution in [1.29, 1.82) is 0 Å². The number of nitrogens with one attached hydrogen (secondary N) is 2. The van der Waals surface area contributed by atoms with E-state index in [4.69, 9.17) is 0 Å². The van der Waals surface area contributed by atoms with Crippen molar-refractivity contribution in [3.05, 3.63) is 24.3 Å². The maximum atomic E-state index is 12.0. The minimum Gasteiger partial charge on any atom is -0.338 e. The Balaban J connectivity index is 1.81. The van der Waals surface area contributed by atoms with Crippen molar-refractivity contribution in [3.8, 4) is 0 Å². The lowest BCUT2D eigenvalue weighted by molar-refractivity contribution is 0.235. The van der Waals surface area contributed by atoms with Crippen LogP contribution >= 0.6 is 11.8 Å². The highest BCUT2D eigenvalue weighted by atomic mass is 32.2. The molecule has 1 aromatic carbocycles. The Kier molecular flexibility index (Phi) is 6.94. The van der Waals surface area contributed by atoms with Gasteiger partial charge in [0.15, 0.2) is 0 Å². The molecular formula is C16H25N3O3S2. The molecule has 1 aliphatic heterocycles. The van der Waals surface area contributed by atoms with E-state index in [1.54, 1.807) is 16.1 Å². The van der Waals surface area contributed by atoms with Crippen molar-refractivity contribution in [3.63, 3.8) is 0 Å². The second-order valence-electron chi connectivity index (χ2n) is 5.92. The first-order chi connectivity index (χ1) is 11.4. The van der Waals surface area contributed by atoms with Gasteiger partial charge in [0.1, 0.15) is 0 Å². The molecule has 2 rings (SSSR count). The molecule has 2 amide bonds. The van der Waals surface area contributed by atoms with Crippen molar-refractivity contribution in [2.75, 3.05) is 30.9 Å². The number of urea groups is 1. The number of sulfonamides is 1. The molecule has 6 nitrogen and oxygen atoms in total. The first-order valence-electron chi connectivity index (χ1n) is 8.06. The van der Waals surface area contributed by atoms with E-state index in [1.807, 2.05) is 30.5 Å². The van der Waals surface area contributed by atoms with Crippen LogP contribution < -0.4 is 10.6 Å². The fourth-order valence-corrected chi connectivity index (χ4v) is 4.60. The SMILES string of the molecule is CSc1cccc(NC(=O)NCCC2CCCCN2S(C)(=O)=O)c1. The molecule has 1 heterocycles. The van der Waals surface area contributed by atoms with E-state index >= 15 is 0 Å². The molecule has 1 aliphatic rings. The van der Waals surface area contributed by atoms with Crippen molar-refractivity contribution < 1.29 is 13.2 Å². The normalized spacial score (nSPS) is 19.0. The first-order valence-corrected chi connectivity index (χ1v) is 11.1. The Labute approximate surface area is 148 Å². The number of carbonyl (C=O) groups is 1. The van der Waals surface area contributed by atoms with Crippen LogP contribution in [-0.2, 0) is 10.0 Å². The van der Waals surface area contributed by atoms with Crippen molar-refractivity contribution in [2.24, 2.45) is 0 Å². The average molecular weight is 372 g/mol. The quantitative estimate of drug-likeness (QED) is 0.754. The molecule has 1 saturated heterocycles. The third-order valence-electron chi connectivity index (χ3n) is 4.09. The molecule has 8 heteroatoms. The highest BCUT2D eigenvalue weighted by molar-refractivity contribution is 7.98. The lowest BCUT2D eigenvalue weighted by atomic mass is 10.0. The van der Waals surface area contributed by atoms with Gasteiger partial charge in [-0.2, -0.15) is 4.31 Å². The van der Waals surface area contributed by atoms with Gasteiger partial charge in [-0.1, -0.05) is 12.5 Å². The second-order valence-corrected chi connectivity index (χ2v) is 8.74. The molecule has 0 aliphatic carbocycles. The van der Waals surface area contributed by atoms with Crippen molar-refractivity contribution in [2.45, 2.75) is 36.6 Å². The van der Waals surface area contributed by atoms with Gasteiger partial charge in [0.25, 0.3) is 0 Å². The summed E-state index contributed by atoms with van der Waals surface area (Å²) in [6, 6.07) is 7.34. The molecule has 0 radical (unpaired) electrons. The van der Waals surface area contributed by atoms with Gasteiger partial charge in [-0.25, -0.2) is 13.2 Å². The summed E-state index contributed by atoms with van der Waals surface area (Å²) in [6.45, 7) is 1.03. The van der Waals surface area contributed by atoms with Gasteiger partial charge in [-0.3, -0.25) is 0 Å². The van der Waals surface area contributed by atoms with E-state index < -0.39 is 10.0 Å². The molecule has 1 atom stereocenters. The topological polar surface area (TPSA) is 78.5 Å². The van der Waals surface area contributed by atoms with Gasteiger partial charge in [-0.15, -0.1) is 11.8 Å². The number of piperidine rings is 1. The third kappa shape index (κ3) is 5.68. The zero-order valence-corrected chi connectivity index (χ0v) is 15.8. The molecule has 0 bridgehead atoms. The summed E-state index contributed by atoms with van der Waals surface area (Å²) in [6.07, 6.45) is 6.66. The lowest BCUT2D eigenvalue weighted by Gasteiger charge is -2.33. The summed E-state index contributed by atoms with van der Waals surface area (Å²) in [5.74, 6) is 0. The van der Waals surface area contributed by atoms with E-state index in [9.17, 15) is 13.2 Å². The van der Waals surface area contributed by atoms with E-state index in [1.165, 1.54) is 6.26 Å². The number of carbonyl (C=O) groups excluding carboxylic acids is 1. The Morgan fingerprint density at radius 2 is 2.17 bits per heavy atom. The maximum Gasteiger partial charge on any atom is 0.319 e. The Bertz CT molecular complexity index is 664. The second kappa shape index (κ2) is 8.73. The Morgan fingerprint density at radius 1 is 1.38 bits per heavy atom. The van der Waals surface area contributed by atoms with Gasteiger partial charge < -0.3 is 10.6 Å². The number of benzene rings is 1. The predicted molar refractivity (Wildman–Crippen MR) is 99.1 cm³/mol. The zero-order chi connectivity index (χ0) is 17.6. The average Bonchev–Trinajstić information content (AvgIpc) is 2.54. The lowest BCUT2D eigenvalue weighted by Crippen LogP contribution is -2.44. The molecule has 0 spiro atoms. The Hall–Kier alpha value is -1.25. The van der Waals surface area contributed by atoms with Crippen LogP contribution in [0.15, 0.2) is 29.2 Å². The van der Waals surface area contributed by atoms with Crippen LogP contribution in [0.3, 0.4) is 0 Å². The van der Waals surface area contributed by atoms with E-state index in [2.05, 4.69) is 10.6 Å². The minimum absolute atomic E-state index is 0.0196. The van der Waals surface area contributed by atoms with E-state index in [-0.39, 0.29) is 12.1 Å². The summed E-state index contributed by atoms with van der Waals surface area (Å²) >= 11 is 1.62. The number of thioether (sulfide) groups is 1. The molecule has 134 valence electrons. The fourth-order valence-electron chi connectivity index (χ4n) is 2.93. The molecule has 1 fully saturated rings. The van der Waals surface area contributed by atoms with Crippen LogP contribution in [0.1, 0.15) is 25.7 Å². The number of rotatable bonds is 6. The maximum absolute atomic E-state index is 12.0. The first kappa shape index (κ1) is 19.1.